The normalized spacial score (nSPS) is 20.5. The first-order chi connectivity index (χ1) is 19.9. The van der Waals surface area contributed by atoms with E-state index < -0.39 is 10.3 Å². The number of ketones is 1. The Morgan fingerprint density at radius 1 is 1.09 bits per heavy atom. The summed E-state index contributed by atoms with van der Waals surface area (Å²) in [5, 5.41) is 5.09. The summed E-state index contributed by atoms with van der Waals surface area (Å²) in [5.74, 6) is -0.206. The summed E-state index contributed by atoms with van der Waals surface area (Å²) in [6, 6.07) is 4.33. The Labute approximate surface area is 260 Å². The SMILES string of the molecule is CO[C@@H]1[C@@H](COS(N)(=O)=O)C[C@@H](Cc2ncncc2C(=O)c2cc(C(C)(C)c3cc(C)c(C)c(C)c3C)c(C)s2)C1(C)C. The Bertz CT molecular complexity index is 1640. The Hall–Kier alpha value is -2.50. The second-order valence-electron chi connectivity index (χ2n) is 13.2. The van der Waals surface area contributed by atoms with Gasteiger partial charge in [-0.15, -0.1) is 11.3 Å². The number of hydrogen-bond acceptors (Lipinski definition) is 8. The zero-order chi connectivity index (χ0) is 32.1. The second-order valence-corrected chi connectivity index (χ2v) is 15.7. The van der Waals surface area contributed by atoms with Crippen LogP contribution in [-0.2, 0) is 31.1 Å². The van der Waals surface area contributed by atoms with Crippen molar-refractivity contribution < 1.29 is 22.1 Å². The first-order valence-electron chi connectivity index (χ1n) is 14.6. The molecule has 8 nitrogen and oxygen atoms in total. The van der Waals surface area contributed by atoms with Crippen LogP contribution >= 0.6 is 11.3 Å². The van der Waals surface area contributed by atoms with Crippen LogP contribution in [-0.4, -0.2) is 44.0 Å². The van der Waals surface area contributed by atoms with E-state index in [0.717, 1.165) is 10.4 Å². The van der Waals surface area contributed by atoms with Crippen molar-refractivity contribution in [1.82, 2.24) is 9.97 Å². The van der Waals surface area contributed by atoms with Crippen LogP contribution in [0.15, 0.2) is 24.7 Å². The summed E-state index contributed by atoms with van der Waals surface area (Å²) in [5.41, 5.74) is 8.13. The molecule has 3 atom stereocenters. The van der Waals surface area contributed by atoms with Crippen LogP contribution in [0.2, 0.25) is 0 Å². The maximum atomic E-state index is 14.1. The van der Waals surface area contributed by atoms with E-state index in [2.05, 4.69) is 78.3 Å². The molecule has 0 spiro atoms. The molecule has 3 aromatic rings. The predicted molar refractivity (Wildman–Crippen MR) is 171 cm³/mol. The van der Waals surface area contributed by atoms with Crippen molar-refractivity contribution in [2.75, 3.05) is 13.7 Å². The van der Waals surface area contributed by atoms with Gasteiger partial charge >= 0.3 is 10.3 Å². The van der Waals surface area contributed by atoms with Gasteiger partial charge in [-0.3, -0.25) is 8.98 Å². The molecule has 4 rings (SSSR count). The van der Waals surface area contributed by atoms with Gasteiger partial charge in [-0.05, 0) is 98.2 Å². The van der Waals surface area contributed by atoms with Crippen LogP contribution in [0.5, 0.6) is 0 Å². The fraction of sp³-hybridized carbons (Fsp3) is 0.545. The summed E-state index contributed by atoms with van der Waals surface area (Å²) in [6.07, 6.45) is 4.00. The van der Waals surface area contributed by atoms with Crippen molar-refractivity contribution in [3.8, 4) is 0 Å². The average Bonchev–Trinajstić information content (AvgIpc) is 3.44. The van der Waals surface area contributed by atoms with Crippen LogP contribution in [0.3, 0.4) is 0 Å². The molecular weight excluding hydrogens is 583 g/mol. The zero-order valence-electron chi connectivity index (χ0n) is 27.0. The van der Waals surface area contributed by atoms with E-state index in [1.165, 1.54) is 45.5 Å². The highest BCUT2D eigenvalue weighted by Crippen LogP contribution is 2.49. The van der Waals surface area contributed by atoms with E-state index in [0.29, 0.717) is 29.0 Å². The molecule has 0 saturated heterocycles. The summed E-state index contributed by atoms with van der Waals surface area (Å²) in [6.45, 7) is 19.4. The summed E-state index contributed by atoms with van der Waals surface area (Å²) in [4.78, 5) is 24.6. The van der Waals surface area contributed by atoms with Crippen molar-refractivity contribution in [3.05, 3.63) is 79.0 Å². The number of benzene rings is 1. The summed E-state index contributed by atoms with van der Waals surface area (Å²) >= 11 is 1.51. The van der Waals surface area contributed by atoms with E-state index in [1.807, 2.05) is 6.07 Å². The van der Waals surface area contributed by atoms with Crippen LogP contribution in [0.4, 0.5) is 0 Å². The summed E-state index contributed by atoms with van der Waals surface area (Å²) in [7, 11) is -2.44. The van der Waals surface area contributed by atoms with Gasteiger partial charge in [-0.1, -0.05) is 33.8 Å². The molecule has 0 radical (unpaired) electrons. The third-order valence-electron chi connectivity index (χ3n) is 9.95. The quantitative estimate of drug-likeness (QED) is 0.271. The van der Waals surface area contributed by atoms with Crippen molar-refractivity contribution in [1.29, 1.82) is 0 Å². The van der Waals surface area contributed by atoms with Crippen LogP contribution in [0.1, 0.15) is 93.3 Å². The number of nitrogens with zero attached hydrogens (tertiary/aromatic N) is 2. The molecule has 2 heterocycles. The van der Waals surface area contributed by atoms with E-state index >= 15 is 0 Å². The van der Waals surface area contributed by atoms with E-state index in [9.17, 15) is 13.2 Å². The maximum absolute atomic E-state index is 14.1. The molecule has 2 N–H and O–H groups in total. The molecule has 1 aromatic carbocycles. The number of carbonyl (C=O) groups excluding carboxylic acids is 1. The molecule has 0 amide bonds. The van der Waals surface area contributed by atoms with Crippen LogP contribution in [0.25, 0.3) is 0 Å². The topological polar surface area (TPSA) is 121 Å². The lowest BCUT2D eigenvalue weighted by molar-refractivity contribution is -0.0191. The fourth-order valence-corrected chi connectivity index (χ4v) is 8.60. The highest BCUT2D eigenvalue weighted by atomic mass is 32.2. The van der Waals surface area contributed by atoms with Gasteiger partial charge in [0, 0.05) is 29.5 Å². The molecule has 43 heavy (non-hydrogen) atoms. The van der Waals surface area contributed by atoms with Gasteiger partial charge in [0.1, 0.15) is 6.33 Å². The number of aromatic nitrogens is 2. The number of ether oxygens (including phenoxy) is 1. The highest BCUT2D eigenvalue weighted by molar-refractivity contribution is 7.84. The van der Waals surface area contributed by atoms with Gasteiger partial charge in [0.25, 0.3) is 0 Å². The Morgan fingerprint density at radius 3 is 2.40 bits per heavy atom. The van der Waals surface area contributed by atoms with Gasteiger partial charge in [0.05, 0.1) is 28.8 Å². The molecule has 1 aliphatic rings. The van der Waals surface area contributed by atoms with E-state index in [1.54, 1.807) is 13.3 Å². The van der Waals surface area contributed by atoms with Gasteiger partial charge in [0.2, 0.25) is 5.78 Å². The molecule has 0 aliphatic heterocycles. The first-order valence-corrected chi connectivity index (χ1v) is 16.9. The predicted octanol–water partition coefficient (Wildman–Crippen LogP) is 6.08. The first kappa shape index (κ1) is 33.4. The Morgan fingerprint density at radius 2 is 1.77 bits per heavy atom. The third kappa shape index (κ3) is 6.49. The number of nitrogens with two attached hydrogens (primary N) is 1. The molecule has 1 aliphatic carbocycles. The number of aryl methyl sites for hydroxylation is 2. The average molecular weight is 628 g/mol. The number of rotatable bonds is 10. The van der Waals surface area contributed by atoms with Gasteiger partial charge in [-0.25, -0.2) is 15.1 Å². The smallest absolute Gasteiger partial charge is 0.333 e. The lowest BCUT2D eigenvalue weighted by Gasteiger charge is -2.33. The zero-order valence-corrected chi connectivity index (χ0v) is 28.6. The molecular formula is C33H45N3O5S2. The molecule has 1 saturated carbocycles. The van der Waals surface area contributed by atoms with Crippen LogP contribution in [0, 0.1) is 51.9 Å². The van der Waals surface area contributed by atoms with Gasteiger partial charge < -0.3 is 4.74 Å². The van der Waals surface area contributed by atoms with Crippen molar-refractivity contribution in [3.63, 3.8) is 0 Å². The summed E-state index contributed by atoms with van der Waals surface area (Å²) < 4.78 is 33.7. The number of hydrogen-bond donors (Lipinski definition) is 1. The Balaban J connectivity index is 1.65. The molecule has 0 bridgehead atoms. The Kier molecular flexibility index (Phi) is 9.41. The lowest BCUT2D eigenvalue weighted by atomic mass is 9.74. The number of methoxy groups -OCH3 is 1. The molecule has 2 aromatic heterocycles. The van der Waals surface area contributed by atoms with Crippen molar-refractivity contribution in [2.45, 2.75) is 86.7 Å². The molecule has 1 fully saturated rings. The number of thiophene rings is 1. The van der Waals surface area contributed by atoms with Crippen LogP contribution < -0.4 is 5.14 Å². The van der Waals surface area contributed by atoms with E-state index in [4.69, 9.17) is 14.1 Å². The lowest BCUT2D eigenvalue weighted by Crippen LogP contribution is -2.36. The monoisotopic (exact) mass is 627 g/mol. The molecule has 10 heteroatoms. The van der Waals surface area contributed by atoms with Crippen molar-refractivity contribution >= 4 is 27.4 Å². The standard InChI is InChI=1S/C33H45N3O5S2/c1-18-11-26(21(4)20(3)19(18)2)33(8,9)27-14-29(42-22(27)5)30(37)25-15-35-17-36-28(25)13-24-12-23(16-41-43(34,38)39)31(40-10)32(24,6)7/h11,14-15,17,23-24,31H,12-13,16H2,1-10H3,(H2,34,38,39)/t23-,24+,31-/m1/s1. The second kappa shape index (κ2) is 12.1. The van der Waals surface area contributed by atoms with Gasteiger partial charge in [0.15, 0.2) is 0 Å². The van der Waals surface area contributed by atoms with Crippen molar-refractivity contribution in [2.24, 2.45) is 22.4 Å². The highest BCUT2D eigenvalue weighted by Gasteiger charge is 2.50. The number of carbonyl (C=O) groups is 1. The largest absolute Gasteiger partial charge is 0.381 e. The minimum Gasteiger partial charge on any atom is -0.381 e. The maximum Gasteiger partial charge on any atom is 0.333 e. The minimum atomic E-state index is -4.06. The molecule has 0 unspecified atom stereocenters. The van der Waals surface area contributed by atoms with Gasteiger partial charge in [-0.2, -0.15) is 8.42 Å². The molecule has 234 valence electrons. The fourth-order valence-electron chi connectivity index (χ4n) is 7.11. The minimum absolute atomic E-state index is 0.0562. The van der Waals surface area contributed by atoms with E-state index in [-0.39, 0.29) is 41.2 Å². The third-order valence-corrected chi connectivity index (χ3v) is 11.5.